The highest BCUT2D eigenvalue weighted by Crippen LogP contribution is 2.26. The Kier molecular flexibility index (Phi) is 6.02. The number of sulfonamides is 1. The standard InChI is InChI=1S/C15H13Cl2FN2O4S/c1-20(24-2)25(22,23)14-7-9(3-5-11(14)16)15(21)19-10-4-6-13(18)12(17)8-10/h3-8H,1-2H3,(H,19,21). The van der Waals surface area contributed by atoms with Crippen LogP contribution in [0.5, 0.6) is 0 Å². The van der Waals surface area contributed by atoms with E-state index >= 15 is 0 Å². The number of carbonyl (C=O) groups excluding carboxylic acids is 1. The van der Waals surface area contributed by atoms with Crippen LogP contribution in [-0.2, 0) is 14.9 Å². The molecule has 1 N–H and O–H groups in total. The van der Waals surface area contributed by atoms with Crippen LogP contribution in [0.15, 0.2) is 41.3 Å². The number of nitrogens with zero attached hydrogens (tertiary/aromatic N) is 1. The lowest BCUT2D eigenvalue weighted by Crippen LogP contribution is -2.26. The fourth-order valence-corrected chi connectivity index (χ4v) is 3.51. The molecule has 1 amide bonds. The van der Waals surface area contributed by atoms with Crippen LogP contribution in [-0.4, -0.2) is 33.0 Å². The Balaban J connectivity index is 2.35. The predicted molar refractivity (Wildman–Crippen MR) is 92.8 cm³/mol. The van der Waals surface area contributed by atoms with Gasteiger partial charge in [0.25, 0.3) is 15.9 Å². The highest BCUT2D eigenvalue weighted by molar-refractivity contribution is 7.89. The van der Waals surface area contributed by atoms with Gasteiger partial charge in [0.05, 0.1) is 17.2 Å². The molecule has 0 radical (unpaired) electrons. The zero-order valence-electron chi connectivity index (χ0n) is 13.1. The number of carbonyl (C=O) groups is 1. The second-order valence-electron chi connectivity index (χ2n) is 4.83. The fourth-order valence-electron chi connectivity index (χ4n) is 1.86. The fraction of sp³-hybridized carbons (Fsp3) is 0.133. The van der Waals surface area contributed by atoms with Crippen LogP contribution in [0, 0.1) is 5.82 Å². The molecule has 0 aliphatic heterocycles. The van der Waals surface area contributed by atoms with Crippen molar-refractivity contribution in [1.82, 2.24) is 4.47 Å². The van der Waals surface area contributed by atoms with E-state index in [1.807, 2.05) is 0 Å². The number of amides is 1. The van der Waals surface area contributed by atoms with Gasteiger partial charge in [-0.15, -0.1) is 0 Å². The molecular weight excluding hydrogens is 394 g/mol. The summed E-state index contributed by atoms with van der Waals surface area (Å²) in [6.45, 7) is 0. The van der Waals surface area contributed by atoms with E-state index in [4.69, 9.17) is 23.2 Å². The molecule has 2 aromatic carbocycles. The molecule has 134 valence electrons. The zero-order valence-corrected chi connectivity index (χ0v) is 15.4. The van der Waals surface area contributed by atoms with Crippen LogP contribution in [0.3, 0.4) is 0 Å². The summed E-state index contributed by atoms with van der Waals surface area (Å²) < 4.78 is 38.4. The largest absolute Gasteiger partial charge is 0.322 e. The van der Waals surface area contributed by atoms with Crippen LogP contribution in [0.1, 0.15) is 10.4 Å². The number of nitrogens with one attached hydrogen (secondary N) is 1. The maximum Gasteiger partial charge on any atom is 0.266 e. The Labute approximate surface area is 154 Å². The first kappa shape index (κ1) is 19.6. The second-order valence-corrected chi connectivity index (χ2v) is 7.54. The van der Waals surface area contributed by atoms with E-state index in [9.17, 15) is 17.6 Å². The maximum atomic E-state index is 13.2. The molecule has 0 saturated carbocycles. The third-order valence-electron chi connectivity index (χ3n) is 3.24. The second kappa shape index (κ2) is 7.67. The summed E-state index contributed by atoms with van der Waals surface area (Å²) in [6.07, 6.45) is 0. The summed E-state index contributed by atoms with van der Waals surface area (Å²) in [7, 11) is -1.66. The molecule has 0 bridgehead atoms. The molecular formula is C15H13Cl2FN2O4S. The van der Waals surface area contributed by atoms with E-state index in [1.54, 1.807) is 0 Å². The minimum absolute atomic E-state index is 0.0351. The molecule has 10 heteroatoms. The Morgan fingerprint density at radius 2 is 1.84 bits per heavy atom. The van der Waals surface area contributed by atoms with E-state index < -0.39 is 21.7 Å². The van der Waals surface area contributed by atoms with Crippen molar-refractivity contribution in [3.05, 3.63) is 57.8 Å². The van der Waals surface area contributed by atoms with Crippen molar-refractivity contribution in [2.75, 3.05) is 19.5 Å². The van der Waals surface area contributed by atoms with Gasteiger partial charge in [0.1, 0.15) is 10.7 Å². The van der Waals surface area contributed by atoms with Gasteiger partial charge in [-0.2, -0.15) is 0 Å². The monoisotopic (exact) mass is 406 g/mol. The lowest BCUT2D eigenvalue weighted by Gasteiger charge is -2.16. The molecule has 0 spiro atoms. The zero-order chi connectivity index (χ0) is 18.8. The first-order valence-corrected chi connectivity index (χ1v) is 8.95. The number of rotatable bonds is 5. The van der Waals surface area contributed by atoms with E-state index in [-0.39, 0.29) is 26.2 Å². The maximum absolute atomic E-state index is 13.2. The summed E-state index contributed by atoms with van der Waals surface area (Å²) in [5, 5.41) is 2.28. The Morgan fingerprint density at radius 3 is 2.44 bits per heavy atom. The lowest BCUT2D eigenvalue weighted by atomic mass is 10.2. The van der Waals surface area contributed by atoms with E-state index in [0.717, 1.165) is 12.1 Å². The van der Waals surface area contributed by atoms with E-state index in [1.165, 1.54) is 38.4 Å². The molecule has 2 aromatic rings. The molecule has 6 nitrogen and oxygen atoms in total. The molecule has 0 heterocycles. The van der Waals surface area contributed by atoms with Crippen molar-refractivity contribution in [3.8, 4) is 0 Å². The van der Waals surface area contributed by atoms with Gasteiger partial charge in [-0.1, -0.05) is 27.7 Å². The summed E-state index contributed by atoms with van der Waals surface area (Å²) in [5.74, 6) is -1.24. The number of benzene rings is 2. The normalized spacial score (nSPS) is 11.6. The van der Waals surface area contributed by atoms with Gasteiger partial charge in [-0.3, -0.25) is 9.63 Å². The third-order valence-corrected chi connectivity index (χ3v) is 5.70. The Hall–Kier alpha value is -1.71. The Bertz CT molecular complexity index is 922. The summed E-state index contributed by atoms with van der Waals surface area (Å²) >= 11 is 11.6. The molecule has 2 rings (SSSR count). The number of hydrogen-bond donors (Lipinski definition) is 1. The topological polar surface area (TPSA) is 75.7 Å². The van der Waals surface area contributed by atoms with Gasteiger partial charge in [0, 0.05) is 18.3 Å². The minimum Gasteiger partial charge on any atom is -0.322 e. The van der Waals surface area contributed by atoms with E-state index in [2.05, 4.69) is 10.2 Å². The molecule has 25 heavy (non-hydrogen) atoms. The van der Waals surface area contributed by atoms with Crippen LogP contribution in [0.2, 0.25) is 10.0 Å². The van der Waals surface area contributed by atoms with Crippen molar-refractivity contribution in [1.29, 1.82) is 0 Å². The molecule has 0 unspecified atom stereocenters. The van der Waals surface area contributed by atoms with Gasteiger partial charge in [-0.05, 0) is 36.4 Å². The van der Waals surface area contributed by atoms with Crippen LogP contribution >= 0.6 is 23.2 Å². The smallest absolute Gasteiger partial charge is 0.266 e. The number of hydrogen-bond acceptors (Lipinski definition) is 4. The van der Waals surface area contributed by atoms with Crippen molar-refractivity contribution in [3.63, 3.8) is 0 Å². The number of halogens is 3. The number of hydroxylamine groups is 1. The average molecular weight is 407 g/mol. The molecule has 0 fully saturated rings. The number of anilines is 1. The van der Waals surface area contributed by atoms with Gasteiger partial charge >= 0.3 is 0 Å². The van der Waals surface area contributed by atoms with Crippen LogP contribution in [0.25, 0.3) is 0 Å². The highest BCUT2D eigenvalue weighted by atomic mass is 35.5. The highest BCUT2D eigenvalue weighted by Gasteiger charge is 2.25. The van der Waals surface area contributed by atoms with Gasteiger partial charge < -0.3 is 5.32 Å². The predicted octanol–water partition coefficient (Wildman–Crippen LogP) is 3.57. The van der Waals surface area contributed by atoms with Crippen molar-refractivity contribution >= 4 is 44.8 Å². The van der Waals surface area contributed by atoms with Crippen molar-refractivity contribution < 1.29 is 22.4 Å². The quantitative estimate of drug-likeness (QED) is 0.770. The summed E-state index contributed by atoms with van der Waals surface area (Å²) in [6, 6.07) is 7.42. The molecule has 0 aliphatic carbocycles. The molecule has 0 saturated heterocycles. The first-order chi connectivity index (χ1) is 11.7. The first-order valence-electron chi connectivity index (χ1n) is 6.76. The minimum atomic E-state index is -4.03. The van der Waals surface area contributed by atoms with Gasteiger partial charge in [0.2, 0.25) is 0 Å². The van der Waals surface area contributed by atoms with Crippen LogP contribution < -0.4 is 5.32 Å². The average Bonchev–Trinajstić information content (AvgIpc) is 2.57. The van der Waals surface area contributed by atoms with Crippen molar-refractivity contribution in [2.24, 2.45) is 0 Å². The summed E-state index contributed by atoms with van der Waals surface area (Å²) in [4.78, 5) is 16.7. The molecule has 0 atom stereocenters. The molecule has 0 aromatic heterocycles. The molecule has 0 aliphatic rings. The van der Waals surface area contributed by atoms with Gasteiger partial charge in [-0.25, -0.2) is 12.8 Å². The Morgan fingerprint density at radius 1 is 1.16 bits per heavy atom. The van der Waals surface area contributed by atoms with E-state index in [0.29, 0.717) is 4.47 Å². The SMILES string of the molecule is CON(C)S(=O)(=O)c1cc(C(=O)Nc2ccc(F)c(Cl)c2)ccc1Cl. The summed E-state index contributed by atoms with van der Waals surface area (Å²) in [5.41, 5.74) is 0.290. The lowest BCUT2D eigenvalue weighted by molar-refractivity contribution is -0.0258. The van der Waals surface area contributed by atoms with Gasteiger partial charge in [0.15, 0.2) is 0 Å². The van der Waals surface area contributed by atoms with Crippen molar-refractivity contribution in [2.45, 2.75) is 4.90 Å². The van der Waals surface area contributed by atoms with Crippen LogP contribution in [0.4, 0.5) is 10.1 Å². The third kappa shape index (κ3) is 4.28.